The number of ether oxygens (including phenoxy) is 1. The largest absolute Gasteiger partial charge is 0.468 e. The molecule has 3 nitrogen and oxygen atoms in total. The summed E-state index contributed by atoms with van der Waals surface area (Å²) < 4.78 is 17.6. The van der Waals surface area contributed by atoms with Crippen LogP contribution in [0.15, 0.2) is 18.2 Å². The molecule has 0 amide bonds. The van der Waals surface area contributed by atoms with Crippen molar-refractivity contribution >= 4 is 12.3 Å². The molecule has 0 aromatic heterocycles. The molecule has 0 heterocycles. The maximum atomic E-state index is 13.3. The van der Waals surface area contributed by atoms with E-state index < -0.39 is 11.8 Å². The van der Waals surface area contributed by atoms with E-state index in [-0.39, 0.29) is 17.5 Å². The van der Waals surface area contributed by atoms with Crippen molar-refractivity contribution in [2.24, 2.45) is 0 Å². The summed E-state index contributed by atoms with van der Waals surface area (Å²) in [5, 5.41) is 0. The zero-order valence-electron chi connectivity index (χ0n) is 8.62. The second-order valence-electron chi connectivity index (χ2n) is 2.91. The number of benzene rings is 1. The van der Waals surface area contributed by atoms with Gasteiger partial charge < -0.3 is 4.74 Å². The highest BCUT2D eigenvalue weighted by Gasteiger charge is 2.00. The molecule has 82 valence electrons. The van der Waals surface area contributed by atoms with Crippen LogP contribution in [0, 0.1) is 17.7 Å². The normalized spacial score (nSPS) is 8.88. The predicted octanol–water partition coefficient (Wildman–Crippen LogP) is 1.55. The molecule has 0 saturated heterocycles. The van der Waals surface area contributed by atoms with Gasteiger partial charge in [0, 0.05) is 5.56 Å². The van der Waals surface area contributed by atoms with Gasteiger partial charge in [-0.2, -0.15) is 0 Å². The second-order valence-corrected chi connectivity index (χ2v) is 2.91. The van der Waals surface area contributed by atoms with Gasteiger partial charge in [0.1, 0.15) is 18.5 Å². The Morgan fingerprint density at radius 3 is 2.88 bits per heavy atom. The Morgan fingerprint density at radius 2 is 2.31 bits per heavy atom. The highest BCUT2D eigenvalue weighted by Crippen LogP contribution is 2.07. The van der Waals surface area contributed by atoms with Crippen molar-refractivity contribution in [1.82, 2.24) is 0 Å². The van der Waals surface area contributed by atoms with Gasteiger partial charge in [0.15, 0.2) is 0 Å². The second kappa shape index (κ2) is 5.66. The average Bonchev–Trinajstić information content (AvgIpc) is 2.30. The Morgan fingerprint density at radius 1 is 1.56 bits per heavy atom. The van der Waals surface area contributed by atoms with E-state index >= 15 is 0 Å². The first-order chi connectivity index (χ1) is 7.67. The zero-order valence-corrected chi connectivity index (χ0v) is 8.62. The lowest BCUT2D eigenvalue weighted by Crippen LogP contribution is -1.97. The van der Waals surface area contributed by atoms with E-state index in [2.05, 4.69) is 16.6 Å². The van der Waals surface area contributed by atoms with Crippen LogP contribution in [0.25, 0.3) is 0 Å². The van der Waals surface area contributed by atoms with Crippen LogP contribution >= 0.6 is 0 Å². The van der Waals surface area contributed by atoms with Crippen LogP contribution in [-0.4, -0.2) is 19.4 Å². The topological polar surface area (TPSA) is 43.4 Å². The first kappa shape index (κ1) is 11.9. The van der Waals surface area contributed by atoms with Crippen molar-refractivity contribution in [2.45, 2.75) is 6.42 Å². The highest BCUT2D eigenvalue weighted by atomic mass is 19.1. The standard InChI is InChI=1S/C12H9FO3/c1-16-12(15)4-2-3-10-6-5-9(8-14)7-11(10)13/h5-8H,4H2,1H3. The molecule has 0 N–H and O–H groups in total. The van der Waals surface area contributed by atoms with Crippen LogP contribution in [0.2, 0.25) is 0 Å². The Balaban J connectivity index is 2.81. The molecular weight excluding hydrogens is 211 g/mol. The molecule has 0 spiro atoms. The van der Waals surface area contributed by atoms with Gasteiger partial charge in [-0.3, -0.25) is 9.59 Å². The monoisotopic (exact) mass is 220 g/mol. The summed E-state index contributed by atoms with van der Waals surface area (Å²) in [6.45, 7) is 0. The summed E-state index contributed by atoms with van der Waals surface area (Å²) in [4.78, 5) is 21.1. The molecule has 4 heteroatoms. The first-order valence-electron chi connectivity index (χ1n) is 4.47. The first-order valence-corrected chi connectivity index (χ1v) is 4.47. The predicted molar refractivity (Wildman–Crippen MR) is 55.3 cm³/mol. The number of rotatable bonds is 2. The quantitative estimate of drug-likeness (QED) is 0.431. The number of carbonyl (C=O) groups excluding carboxylic acids is 2. The van der Waals surface area contributed by atoms with Gasteiger partial charge in [-0.05, 0) is 12.1 Å². The summed E-state index contributed by atoms with van der Waals surface area (Å²) in [6.07, 6.45) is 0.458. The summed E-state index contributed by atoms with van der Waals surface area (Å²) in [5.74, 6) is 3.91. The van der Waals surface area contributed by atoms with Crippen molar-refractivity contribution in [3.8, 4) is 11.8 Å². The van der Waals surface area contributed by atoms with Gasteiger partial charge in [-0.1, -0.05) is 17.9 Å². The maximum Gasteiger partial charge on any atom is 0.317 e. The number of hydrogen-bond donors (Lipinski definition) is 0. The Bertz CT molecular complexity index is 469. The summed E-state index contributed by atoms with van der Waals surface area (Å²) in [7, 11) is 1.25. The lowest BCUT2D eigenvalue weighted by atomic mass is 10.1. The molecule has 0 aliphatic heterocycles. The summed E-state index contributed by atoms with van der Waals surface area (Å²) in [5.41, 5.74) is 0.394. The Hall–Kier alpha value is -2.15. The minimum atomic E-state index is -0.582. The average molecular weight is 220 g/mol. The SMILES string of the molecule is COC(=O)CC#Cc1ccc(C=O)cc1F. The van der Waals surface area contributed by atoms with Crippen molar-refractivity contribution in [1.29, 1.82) is 0 Å². The van der Waals surface area contributed by atoms with Crippen LogP contribution in [0.5, 0.6) is 0 Å². The fourth-order valence-corrected chi connectivity index (χ4v) is 0.990. The number of hydrogen-bond acceptors (Lipinski definition) is 3. The molecule has 0 atom stereocenters. The van der Waals surface area contributed by atoms with Crippen LogP contribution in [-0.2, 0) is 9.53 Å². The lowest BCUT2D eigenvalue weighted by molar-refractivity contribution is -0.139. The fourth-order valence-electron chi connectivity index (χ4n) is 0.990. The molecule has 0 bridgehead atoms. The molecule has 1 aromatic rings. The van der Waals surface area contributed by atoms with E-state index in [4.69, 9.17) is 0 Å². The smallest absolute Gasteiger partial charge is 0.317 e. The third-order valence-corrected chi connectivity index (χ3v) is 1.81. The van der Waals surface area contributed by atoms with Crippen molar-refractivity contribution in [3.05, 3.63) is 35.1 Å². The van der Waals surface area contributed by atoms with Gasteiger partial charge in [0.05, 0.1) is 12.7 Å². The number of aldehydes is 1. The van der Waals surface area contributed by atoms with E-state index in [1.165, 1.54) is 19.2 Å². The molecule has 1 rings (SSSR count). The van der Waals surface area contributed by atoms with E-state index in [0.29, 0.717) is 6.29 Å². The number of halogens is 1. The third-order valence-electron chi connectivity index (χ3n) is 1.81. The molecule has 0 aliphatic carbocycles. The van der Waals surface area contributed by atoms with Gasteiger partial charge in [-0.25, -0.2) is 4.39 Å². The molecule has 0 fully saturated rings. The van der Waals surface area contributed by atoms with Crippen LogP contribution in [0.1, 0.15) is 22.3 Å². The maximum absolute atomic E-state index is 13.3. The minimum Gasteiger partial charge on any atom is -0.468 e. The van der Waals surface area contributed by atoms with E-state index in [1.807, 2.05) is 0 Å². The van der Waals surface area contributed by atoms with Crippen LogP contribution in [0.4, 0.5) is 4.39 Å². The highest BCUT2D eigenvalue weighted by molar-refractivity contribution is 5.75. The Labute approximate surface area is 92.2 Å². The molecule has 0 radical (unpaired) electrons. The zero-order chi connectivity index (χ0) is 12.0. The van der Waals surface area contributed by atoms with Crippen molar-refractivity contribution in [2.75, 3.05) is 7.11 Å². The fraction of sp³-hybridized carbons (Fsp3) is 0.167. The van der Waals surface area contributed by atoms with Gasteiger partial charge in [0.25, 0.3) is 0 Å². The molecule has 0 aliphatic rings. The van der Waals surface area contributed by atoms with E-state index in [9.17, 15) is 14.0 Å². The van der Waals surface area contributed by atoms with Crippen LogP contribution in [0.3, 0.4) is 0 Å². The van der Waals surface area contributed by atoms with Gasteiger partial charge in [0.2, 0.25) is 0 Å². The minimum absolute atomic E-state index is 0.0919. The van der Waals surface area contributed by atoms with Gasteiger partial charge in [-0.15, -0.1) is 0 Å². The van der Waals surface area contributed by atoms with Crippen molar-refractivity contribution < 1.29 is 18.7 Å². The number of carbonyl (C=O) groups is 2. The lowest BCUT2D eigenvalue weighted by Gasteiger charge is -1.95. The number of esters is 1. The van der Waals surface area contributed by atoms with Crippen LogP contribution < -0.4 is 0 Å². The number of methoxy groups -OCH3 is 1. The molecular formula is C12H9FO3. The molecule has 0 unspecified atom stereocenters. The Kier molecular flexibility index (Phi) is 4.22. The third kappa shape index (κ3) is 3.21. The van der Waals surface area contributed by atoms with Gasteiger partial charge >= 0.3 is 5.97 Å². The van der Waals surface area contributed by atoms with E-state index in [1.54, 1.807) is 0 Å². The van der Waals surface area contributed by atoms with Crippen molar-refractivity contribution in [3.63, 3.8) is 0 Å². The molecule has 1 aromatic carbocycles. The molecule has 0 saturated carbocycles. The van der Waals surface area contributed by atoms with E-state index in [0.717, 1.165) is 6.07 Å². The summed E-state index contributed by atoms with van der Waals surface area (Å²) in [6, 6.07) is 3.94. The molecule has 16 heavy (non-hydrogen) atoms. The summed E-state index contributed by atoms with van der Waals surface area (Å²) >= 11 is 0.